The molecule has 0 aromatic heterocycles. The van der Waals surface area contributed by atoms with Gasteiger partial charge in [-0.1, -0.05) is 36.4 Å². The van der Waals surface area contributed by atoms with Crippen LogP contribution in [0.3, 0.4) is 0 Å². The van der Waals surface area contributed by atoms with Gasteiger partial charge >= 0.3 is 0 Å². The number of amides is 2. The molecule has 5 nitrogen and oxygen atoms in total. The lowest BCUT2D eigenvalue weighted by Crippen LogP contribution is -2.42. The van der Waals surface area contributed by atoms with E-state index in [-0.39, 0.29) is 35.9 Å². The molecule has 1 aliphatic rings. The molecule has 0 saturated carbocycles. The summed E-state index contributed by atoms with van der Waals surface area (Å²) in [5, 5.41) is 8.68. The number of nitrogens with one attached hydrogen (secondary N) is 3. The summed E-state index contributed by atoms with van der Waals surface area (Å²) in [5.74, 6) is -2.00. The van der Waals surface area contributed by atoms with Crippen LogP contribution >= 0.6 is 12.4 Å². The van der Waals surface area contributed by atoms with E-state index in [4.69, 9.17) is 0 Å². The number of halogens is 3. The Morgan fingerprint density at radius 2 is 1.20 bits per heavy atom. The van der Waals surface area contributed by atoms with Crippen LogP contribution < -0.4 is 16.0 Å². The smallest absolute Gasteiger partial charge is 0.225 e. The Morgan fingerprint density at radius 1 is 0.800 bits per heavy atom. The Balaban J connectivity index is 0.00000320. The lowest BCUT2D eigenvalue weighted by atomic mass is 9.94. The monoisotopic (exact) mass is 437 g/mol. The van der Waals surface area contributed by atoms with Gasteiger partial charge in [0.25, 0.3) is 0 Å². The molecule has 3 rings (SSSR count). The highest BCUT2D eigenvalue weighted by atomic mass is 35.5. The zero-order valence-electron chi connectivity index (χ0n) is 16.5. The lowest BCUT2D eigenvalue weighted by Gasteiger charge is -2.18. The van der Waals surface area contributed by atoms with Crippen molar-refractivity contribution in [3.05, 3.63) is 71.3 Å². The first-order valence-electron chi connectivity index (χ1n) is 9.79. The molecule has 162 valence electrons. The molecule has 2 amide bonds. The Kier molecular flexibility index (Phi) is 9.20. The van der Waals surface area contributed by atoms with Crippen molar-refractivity contribution in [2.24, 2.45) is 11.8 Å². The quantitative estimate of drug-likeness (QED) is 0.593. The molecule has 30 heavy (non-hydrogen) atoms. The molecular formula is C22H26ClF2N3O2. The van der Waals surface area contributed by atoms with Crippen LogP contribution in [0.2, 0.25) is 0 Å². The summed E-state index contributed by atoms with van der Waals surface area (Å²) in [6, 6.07) is 12.9. The second-order valence-electron chi connectivity index (χ2n) is 7.14. The van der Waals surface area contributed by atoms with Crippen LogP contribution in [-0.4, -0.2) is 38.0 Å². The molecule has 0 bridgehead atoms. The van der Waals surface area contributed by atoms with Gasteiger partial charge in [-0.25, -0.2) is 8.78 Å². The topological polar surface area (TPSA) is 70.2 Å². The van der Waals surface area contributed by atoms with Crippen molar-refractivity contribution < 1.29 is 18.4 Å². The fourth-order valence-electron chi connectivity index (χ4n) is 3.53. The third kappa shape index (κ3) is 6.24. The van der Waals surface area contributed by atoms with E-state index in [1.54, 1.807) is 36.4 Å². The number of rotatable bonds is 8. The second-order valence-corrected chi connectivity index (χ2v) is 7.14. The molecule has 2 aromatic rings. The Bertz CT molecular complexity index is 796. The average molecular weight is 438 g/mol. The lowest BCUT2D eigenvalue weighted by molar-refractivity contribution is -0.132. The summed E-state index contributed by atoms with van der Waals surface area (Å²) >= 11 is 0. The van der Waals surface area contributed by atoms with Gasteiger partial charge in [-0.3, -0.25) is 9.59 Å². The van der Waals surface area contributed by atoms with Crippen molar-refractivity contribution in [1.82, 2.24) is 16.0 Å². The van der Waals surface area contributed by atoms with Gasteiger partial charge in [-0.15, -0.1) is 12.4 Å². The van der Waals surface area contributed by atoms with Crippen LogP contribution in [0.25, 0.3) is 0 Å². The van der Waals surface area contributed by atoms with Gasteiger partial charge in [0.2, 0.25) is 11.8 Å². The van der Waals surface area contributed by atoms with Crippen molar-refractivity contribution in [3.8, 4) is 0 Å². The maximum Gasteiger partial charge on any atom is 0.225 e. The predicted molar refractivity (Wildman–Crippen MR) is 113 cm³/mol. The largest absolute Gasteiger partial charge is 0.355 e. The zero-order valence-corrected chi connectivity index (χ0v) is 17.3. The Labute approximate surface area is 181 Å². The summed E-state index contributed by atoms with van der Waals surface area (Å²) < 4.78 is 27.3. The van der Waals surface area contributed by atoms with Gasteiger partial charge in [-0.2, -0.15) is 0 Å². The normalized spacial score (nSPS) is 17.8. The molecule has 2 atom stereocenters. The summed E-state index contributed by atoms with van der Waals surface area (Å²) in [4.78, 5) is 25.0. The predicted octanol–water partition coefficient (Wildman–Crippen LogP) is 2.24. The average Bonchev–Trinajstić information content (AvgIpc) is 3.21. The van der Waals surface area contributed by atoms with Gasteiger partial charge in [0.05, 0.1) is 11.8 Å². The van der Waals surface area contributed by atoms with E-state index in [9.17, 15) is 18.4 Å². The number of hydrogen-bond donors (Lipinski definition) is 3. The number of carbonyl (C=O) groups is 2. The first kappa shape index (κ1) is 23.8. The number of benzene rings is 2. The second kappa shape index (κ2) is 11.6. The fourth-order valence-corrected chi connectivity index (χ4v) is 3.53. The van der Waals surface area contributed by atoms with Gasteiger partial charge < -0.3 is 16.0 Å². The molecule has 1 fully saturated rings. The maximum absolute atomic E-state index is 13.6. The van der Waals surface area contributed by atoms with Crippen molar-refractivity contribution in [2.45, 2.75) is 12.8 Å². The molecule has 2 aromatic carbocycles. The molecule has 0 unspecified atom stereocenters. The Hall–Kier alpha value is -2.51. The minimum absolute atomic E-state index is 0. The number of carbonyl (C=O) groups excluding carboxylic acids is 2. The van der Waals surface area contributed by atoms with E-state index in [0.29, 0.717) is 50.1 Å². The van der Waals surface area contributed by atoms with Crippen LogP contribution in [0.4, 0.5) is 8.78 Å². The Morgan fingerprint density at radius 3 is 1.60 bits per heavy atom. The summed E-state index contributed by atoms with van der Waals surface area (Å²) in [7, 11) is 0. The minimum atomic E-state index is -0.482. The van der Waals surface area contributed by atoms with Crippen molar-refractivity contribution in [2.75, 3.05) is 26.2 Å². The maximum atomic E-state index is 13.6. The summed E-state index contributed by atoms with van der Waals surface area (Å²) in [6.07, 6.45) is 0.774. The van der Waals surface area contributed by atoms with E-state index >= 15 is 0 Å². The van der Waals surface area contributed by atoms with Crippen molar-refractivity contribution in [3.63, 3.8) is 0 Å². The van der Waals surface area contributed by atoms with Gasteiger partial charge in [0.15, 0.2) is 0 Å². The molecule has 8 heteroatoms. The van der Waals surface area contributed by atoms with Crippen LogP contribution in [0, 0.1) is 23.5 Å². The molecule has 1 heterocycles. The molecule has 3 N–H and O–H groups in total. The van der Waals surface area contributed by atoms with Crippen LogP contribution in [0.1, 0.15) is 11.1 Å². The standard InChI is InChI=1S/C22H25F2N3O2.ClH/c23-19-7-3-1-5-15(19)9-11-26-21(28)17-13-25-14-18(17)22(29)27-12-10-16-6-2-4-8-20(16)24;/h1-8,17-18,25H,9-14H2,(H,26,28)(H,27,29);1H/t17-,18-;/m1./s1. The SMILES string of the molecule is Cl.O=C(NCCc1ccccc1F)[C@@H]1CNC[C@H]1C(=O)NCCc1ccccc1F. The van der Waals surface area contributed by atoms with Gasteiger partial charge in [-0.05, 0) is 36.1 Å². The molecule has 0 spiro atoms. The van der Waals surface area contributed by atoms with Crippen molar-refractivity contribution in [1.29, 1.82) is 0 Å². The molecule has 0 aliphatic carbocycles. The minimum Gasteiger partial charge on any atom is -0.355 e. The van der Waals surface area contributed by atoms with Crippen LogP contribution in [0.5, 0.6) is 0 Å². The molecular weight excluding hydrogens is 412 g/mol. The summed E-state index contributed by atoms with van der Waals surface area (Å²) in [5.41, 5.74) is 1.08. The third-order valence-electron chi connectivity index (χ3n) is 5.19. The van der Waals surface area contributed by atoms with Gasteiger partial charge in [0.1, 0.15) is 11.6 Å². The number of hydrogen-bond acceptors (Lipinski definition) is 3. The first-order chi connectivity index (χ1) is 14.1. The highest BCUT2D eigenvalue weighted by Gasteiger charge is 2.37. The third-order valence-corrected chi connectivity index (χ3v) is 5.19. The van der Waals surface area contributed by atoms with Gasteiger partial charge in [0, 0.05) is 26.2 Å². The van der Waals surface area contributed by atoms with E-state index in [0.717, 1.165) is 0 Å². The molecule has 1 saturated heterocycles. The highest BCUT2D eigenvalue weighted by Crippen LogP contribution is 2.17. The molecule has 0 radical (unpaired) electrons. The van der Waals surface area contributed by atoms with E-state index in [1.807, 2.05) is 0 Å². The first-order valence-corrected chi connectivity index (χ1v) is 9.79. The van der Waals surface area contributed by atoms with Crippen molar-refractivity contribution >= 4 is 24.2 Å². The van der Waals surface area contributed by atoms with E-state index < -0.39 is 11.8 Å². The van der Waals surface area contributed by atoms with Crippen LogP contribution in [0.15, 0.2) is 48.5 Å². The highest BCUT2D eigenvalue weighted by molar-refractivity contribution is 5.88. The van der Waals surface area contributed by atoms with E-state index in [1.165, 1.54) is 12.1 Å². The zero-order chi connectivity index (χ0) is 20.6. The van der Waals surface area contributed by atoms with Crippen LogP contribution in [-0.2, 0) is 22.4 Å². The van der Waals surface area contributed by atoms with E-state index in [2.05, 4.69) is 16.0 Å². The molecule has 1 aliphatic heterocycles. The fraction of sp³-hybridized carbons (Fsp3) is 0.364. The summed E-state index contributed by atoms with van der Waals surface area (Å²) in [6.45, 7) is 1.43.